The van der Waals surface area contributed by atoms with E-state index in [-0.39, 0.29) is 0 Å². The molecule has 2 heteroatoms. The van der Waals surface area contributed by atoms with Crippen molar-refractivity contribution in [2.45, 2.75) is 0 Å². The monoisotopic (exact) mass is 174 g/mol. The van der Waals surface area contributed by atoms with Gasteiger partial charge in [0.1, 0.15) is 18.6 Å². The molecule has 0 atom stereocenters. The summed E-state index contributed by atoms with van der Waals surface area (Å²) in [6.45, 7) is 0.583. The largest absolute Gasteiger partial charge is 0.496 e. The molecule has 0 fully saturated rings. The second kappa shape index (κ2) is 3.38. The average molecular weight is 174 g/mol. The third-order valence-corrected chi connectivity index (χ3v) is 1.94. The van der Waals surface area contributed by atoms with E-state index in [1.807, 2.05) is 24.3 Å². The average Bonchev–Trinajstić information content (AvgIpc) is 2.58. The van der Waals surface area contributed by atoms with Crippen molar-refractivity contribution >= 4 is 5.57 Å². The predicted molar refractivity (Wildman–Crippen MR) is 50.4 cm³/mol. The maximum Gasteiger partial charge on any atom is 0.128 e. The highest BCUT2D eigenvalue weighted by molar-refractivity contribution is 5.74. The zero-order valence-corrected chi connectivity index (χ0v) is 7.41. The van der Waals surface area contributed by atoms with E-state index in [1.165, 1.54) is 0 Å². The molecule has 13 heavy (non-hydrogen) atoms. The van der Waals surface area contributed by atoms with Crippen LogP contribution in [0.3, 0.4) is 0 Å². The molecule has 66 valence electrons. The van der Waals surface area contributed by atoms with Crippen LogP contribution in [0.1, 0.15) is 5.56 Å². The smallest absolute Gasteiger partial charge is 0.128 e. The molecular weight excluding hydrogens is 164 g/mol. The van der Waals surface area contributed by atoms with Gasteiger partial charge in [0.25, 0.3) is 0 Å². The van der Waals surface area contributed by atoms with Gasteiger partial charge in [0, 0.05) is 11.1 Å². The van der Waals surface area contributed by atoms with Crippen LogP contribution in [-0.2, 0) is 4.74 Å². The van der Waals surface area contributed by atoms with Gasteiger partial charge in [-0.05, 0) is 6.07 Å². The molecule has 2 nitrogen and oxygen atoms in total. The first-order valence-electron chi connectivity index (χ1n) is 4.11. The summed E-state index contributed by atoms with van der Waals surface area (Å²) in [5.41, 5.74) is 5.18. The summed E-state index contributed by atoms with van der Waals surface area (Å²) < 4.78 is 10.2. The molecule has 0 saturated carbocycles. The van der Waals surface area contributed by atoms with Gasteiger partial charge in [0.2, 0.25) is 0 Å². The topological polar surface area (TPSA) is 18.5 Å². The van der Waals surface area contributed by atoms with Crippen LogP contribution < -0.4 is 4.74 Å². The van der Waals surface area contributed by atoms with Crippen LogP contribution in [-0.4, -0.2) is 13.7 Å². The number of hydrogen-bond acceptors (Lipinski definition) is 2. The first-order valence-corrected chi connectivity index (χ1v) is 4.11. The predicted octanol–water partition coefficient (Wildman–Crippen LogP) is 2.22. The van der Waals surface area contributed by atoms with E-state index in [0.717, 1.165) is 16.9 Å². The van der Waals surface area contributed by atoms with Crippen molar-refractivity contribution in [2.75, 3.05) is 13.7 Å². The lowest BCUT2D eigenvalue weighted by molar-refractivity contribution is 0.338. The Labute approximate surface area is 77.1 Å². The quantitative estimate of drug-likeness (QED) is 0.480. The van der Waals surface area contributed by atoms with Crippen molar-refractivity contribution in [3.05, 3.63) is 41.8 Å². The van der Waals surface area contributed by atoms with Gasteiger partial charge in [-0.1, -0.05) is 23.9 Å². The number of ether oxygens (including phenoxy) is 2. The fourth-order valence-corrected chi connectivity index (χ4v) is 1.32. The molecule has 0 bridgehead atoms. The van der Waals surface area contributed by atoms with Crippen LogP contribution in [0.2, 0.25) is 0 Å². The molecule has 1 aliphatic heterocycles. The van der Waals surface area contributed by atoms with Crippen LogP contribution in [0, 0.1) is 0 Å². The van der Waals surface area contributed by atoms with Crippen molar-refractivity contribution < 1.29 is 9.47 Å². The Kier molecular flexibility index (Phi) is 2.07. The summed E-state index contributed by atoms with van der Waals surface area (Å²) in [7, 11) is 1.61. The highest BCUT2D eigenvalue weighted by Crippen LogP contribution is 2.31. The molecule has 0 amide bonds. The van der Waals surface area contributed by atoms with Crippen LogP contribution in [0.5, 0.6) is 5.75 Å². The molecule has 1 aromatic carbocycles. The molecule has 0 aromatic heterocycles. The van der Waals surface area contributed by atoms with Gasteiger partial charge in [0.05, 0.1) is 7.11 Å². The number of hydrogen-bond donors (Lipinski definition) is 0. The second-order valence-electron chi connectivity index (χ2n) is 2.76. The standard InChI is InChI=1S/C11H10O2/c1-12-7-6-9-8-13-11-5-3-2-4-10(9)11/h2-5,7H,8H2,1H3. The number of rotatable bonds is 1. The fourth-order valence-electron chi connectivity index (χ4n) is 1.32. The second-order valence-corrected chi connectivity index (χ2v) is 2.76. The van der Waals surface area contributed by atoms with E-state index >= 15 is 0 Å². The summed E-state index contributed by atoms with van der Waals surface area (Å²) in [4.78, 5) is 0. The van der Waals surface area contributed by atoms with Crippen molar-refractivity contribution in [2.24, 2.45) is 0 Å². The summed E-state index contributed by atoms with van der Waals surface area (Å²) in [5.74, 6) is 0.925. The molecule has 2 rings (SSSR count). The summed E-state index contributed by atoms with van der Waals surface area (Å²) >= 11 is 0. The first-order chi connectivity index (χ1) is 6.42. The third kappa shape index (κ3) is 1.44. The van der Waals surface area contributed by atoms with Gasteiger partial charge < -0.3 is 9.47 Å². The Morgan fingerprint density at radius 2 is 2.31 bits per heavy atom. The van der Waals surface area contributed by atoms with E-state index in [4.69, 9.17) is 9.47 Å². The molecular formula is C11H10O2. The number of para-hydroxylation sites is 1. The number of fused-ring (bicyclic) bond motifs is 1. The molecule has 0 unspecified atom stereocenters. The molecule has 1 aliphatic rings. The zero-order chi connectivity index (χ0) is 9.10. The lowest BCUT2D eigenvalue weighted by atomic mass is 10.1. The Morgan fingerprint density at radius 1 is 1.46 bits per heavy atom. The maximum atomic E-state index is 5.43. The van der Waals surface area contributed by atoms with Gasteiger partial charge in [-0.15, -0.1) is 0 Å². The zero-order valence-electron chi connectivity index (χ0n) is 7.41. The normalized spacial score (nSPS) is 12.8. The summed E-state index contributed by atoms with van der Waals surface area (Å²) in [6, 6.07) is 7.93. The Bertz CT molecular complexity index is 373. The van der Waals surface area contributed by atoms with Crippen molar-refractivity contribution in [1.82, 2.24) is 0 Å². The van der Waals surface area contributed by atoms with Crippen LogP contribution >= 0.6 is 0 Å². The van der Waals surface area contributed by atoms with Crippen molar-refractivity contribution in [1.29, 1.82) is 0 Å². The minimum Gasteiger partial charge on any atom is -0.496 e. The van der Waals surface area contributed by atoms with E-state index in [1.54, 1.807) is 13.4 Å². The Balaban J connectivity index is 2.44. The Hall–Kier alpha value is -1.66. The molecule has 0 aliphatic carbocycles. The lowest BCUT2D eigenvalue weighted by Crippen LogP contribution is -1.85. The highest BCUT2D eigenvalue weighted by atomic mass is 16.5. The molecule has 0 spiro atoms. The number of benzene rings is 1. The van der Waals surface area contributed by atoms with Gasteiger partial charge in [-0.2, -0.15) is 0 Å². The van der Waals surface area contributed by atoms with Crippen LogP contribution in [0.4, 0.5) is 0 Å². The van der Waals surface area contributed by atoms with Crippen molar-refractivity contribution in [3.63, 3.8) is 0 Å². The molecule has 0 N–H and O–H groups in total. The van der Waals surface area contributed by atoms with Gasteiger partial charge >= 0.3 is 0 Å². The lowest BCUT2D eigenvalue weighted by Gasteiger charge is -1.93. The van der Waals surface area contributed by atoms with Crippen molar-refractivity contribution in [3.8, 4) is 5.75 Å². The van der Waals surface area contributed by atoms with E-state index in [9.17, 15) is 0 Å². The summed E-state index contributed by atoms with van der Waals surface area (Å²) in [6.07, 6.45) is 1.54. The minimum absolute atomic E-state index is 0.583. The van der Waals surface area contributed by atoms with Gasteiger partial charge in [0.15, 0.2) is 0 Å². The Morgan fingerprint density at radius 3 is 3.15 bits per heavy atom. The number of methoxy groups -OCH3 is 1. The van der Waals surface area contributed by atoms with Crippen LogP contribution in [0.15, 0.2) is 36.3 Å². The minimum atomic E-state index is 0.583. The van der Waals surface area contributed by atoms with E-state index < -0.39 is 0 Å². The van der Waals surface area contributed by atoms with Crippen LogP contribution in [0.25, 0.3) is 5.57 Å². The molecule has 0 radical (unpaired) electrons. The van der Waals surface area contributed by atoms with E-state index in [2.05, 4.69) is 5.73 Å². The SMILES string of the molecule is COC=C=C1COc2ccccc21. The highest BCUT2D eigenvalue weighted by Gasteiger charge is 2.15. The fraction of sp³-hybridized carbons (Fsp3) is 0.182. The summed E-state index contributed by atoms with van der Waals surface area (Å²) in [5, 5.41) is 0. The van der Waals surface area contributed by atoms with E-state index in [0.29, 0.717) is 6.61 Å². The molecule has 1 aromatic rings. The van der Waals surface area contributed by atoms with Gasteiger partial charge in [-0.25, -0.2) is 0 Å². The first kappa shape index (κ1) is 7.96. The van der Waals surface area contributed by atoms with Gasteiger partial charge in [-0.3, -0.25) is 0 Å². The molecule has 1 heterocycles. The molecule has 0 saturated heterocycles. The third-order valence-electron chi connectivity index (χ3n) is 1.94. The maximum absolute atomic E-state index is 5.43.